The number of aryl methyl sites for hydroxylation is 1. The highest BCUT2D eigenvalue weighted by Crippen LogP contribution is 2.23. The van der Waals surface area contributed by atoms with Gasteiger partial charge in [-0.25, -0.2) is 0 Å². The lowest BCUT2D eigenvalue weighted by molar-refractivity contribution is -0.0844. The second-order valence-corrected chi connectivity index (χ2v) is 4.55. The second kappa shape index (κ2) is 4.33. The van der Waals surface area contributed by atoms with Crippen LogP contribution in [0.15, 0.2) is 24.3 Å². The predicted octanol–water partition coefficient (Wildman–Crippen LogP) is 2.08. The number of aliphatic hydroxyl groups is 1. The van der Waals surface area contributed by atoms with Gasteiger partial charge in [0.1, 0.15) is 0 Å². The number of benzene rings is 1. The maximum absolute atomic E-state index is 10.3. The molecule has 1 saturated heterocycles. The molecular formula is C13H18O2. The summed E-state index contributed by atoms with van der Waals surface area (Å²) in [5.74, 6) is 0. The van der Waals surface area contributed by atoms with E-state index in [2.05, 4.69) is 25.1 Å². The molecule has 1 aromatic carbocycles. The first kappa shape index (κ1) is 10.7. The van der Waals surface area contributed by atoms with Gasteiger partial charge in [-0.05, 0) is 25.3 Å². The first-order chi connectivity index (χ1) is 7.18. The van der Waals surface area contributed by atoms with Gasteiger partial charge >= 0.3 is 0 Å². The van der Waals surface area contributed by atoms with E-state index < -0.39 is 5.60 Å². The molecule has 1 aliphatic heterocycles. The van der Waals surface area contributed by atoms with Gasteiger partial charge in [-0.15, -0.1) is 0 Å². The largest absolute Gasteiger partial charge is 0.387 e. The van der Waals surface area contributed by atoms with Crippen LogP contribution >= 0.6 is 0 Å². The zero-order chi connectivity index (χ0) is 10.7. The smallest absolute Gasteiger partial charge is 0.0921 e. The summed E-state index contributed by atoms with van der Waals surface area (Å²) in [7, 11) is 0. The van der Waals surface area contributed by atoms with E-state index in [-0.39, 0.29) is 0 Å². The molecule has 1 fully saturated rings. The Labute approximate surface area is 90.9 Å². The van der Waals surface area contributed by atoms with Crippen molar-refractivity contribution in [2.45, 2.75) is 31.8 Å². The van der Waals surface area contributed by atoms with Gasteiger partial charge in [-0.3, -0.25) is 0 Å². The van der Waals surface area contributed by atoms with Crippen molar-refractivity contribution in [3.63, 3.8) is 0 Å². The molecule has 0 aromatic heterocycles. The van der Waals surface area contributed by atoms with E-state index in [4.69, 9.17) is 4.74 Å². The molecule has 2 nitrogen and oxygen atoms in total. The fourth-order valence-electron chi connectivity index (χ4n) is 2.18. The number of rotatable bonds is 2. The second-order valence-electron chi connectivity index (χ2n) is 4.55. The molecule has 0 radical (unpaired) electrons. The molecule has 0 saturated carbocycles. The Kier molecular flexibility index (Phi) is 3.08. The molecule has 1 unspecified atom stereocenters. The van der Waals surface area contributed by atoms with E-state index >= 15 is 0 Å². The van der Waals surface area contributed by atoms with Crippen LogP contribution in [0.4, 0.5) is 0 Å². The normalized spacial score (nSPS) is 26.5. The molecule has 1 heterocycles. The first-order valence-corrected chi connectivity index (χ1v) is 5.54. The van der Waals surface area contributed by atoms with E-state index in [9.17, 15) is 5.11 Å². The molecule has 0 amide bonds. The molecule has 0 bridgehead atoms. The van der Waals surface area contributed by atoms with Gasteiger partial charge in [0.05, 0.1) is 12.2 Å². The average Bonchev–Trinajstić information content (AvgIpc) is 2.18. The van der Waals surface area contributed by atoms with Crippen molar-refractivity contribution in [1.82, 2.24) is 0 Å². The van der Waals surface area contributed by atoms with Crippen molar-refractivity contribution < 1.29 is 9.84 Å². The summed E-state index contributed by atoms with van der Waals surface area (Å²) >= 11 is 0. The Morgan fingerprint density at radius 2 is 2.33 bits per heavy atom. The SMILES string of the molecule is Cc1cccc(CC2(O)CCCOC2)c1. The molecule has 1 N–H and O–H groups in total. The van der Waals surface area contributed by atoms with Crippen LogP contribution in [0.1, 0.15) is 24.0 Å². The van der Waals surface area contributed by atoms with Crippen LogP contribution in [-0.2, 0) is 11.2 Å². The maximum Gasteiger partial charge on any atom is 0.0921 e. The topological polar surface area (TPSA) is 29.5 Å². The van der Waals surface area contributed by atoms with E-state index in [1.54, 1.807) is 0 Å². The minimum atomic E-state index is -0.647. The zero-order valence-electron chi connectivity index (χ0n) is 9.20. The van der Waals surface area contributed by atoms with Gasteiger partial charge in [-0.2, -0.15) is 0 Å². The number of hydrogen-bond acceptors (Lipinski definition) is 2. The van der Waals surface area contributed by atoms with E-state index in [1.807, 2.05) is 6.07 Å². The summed E-state index contributed by atoms with van der Waals surface area (Å²) in [6, 6.07) is 8.31. The third kappa shape index (κ3) is 2.80. The molecule has 2 heteroatoms. The summed E-state index contributed by atoms with van der Waals surface area (Å²) in [4.78, 5) is 0. The molecule has 1 atom stereocenters. The molecule has 1 aliphatic rings. The van der Waals surface area contributed by atoms with E-state index in [0.29, 0.717) is 13.0 Å². The maximum atomic E-state index is 10.3. The summed E-state index contributed by atoms with van der Waals surface area (Å²) in [5.41, 5.74) is 1.79. The van der Waals surface area contributed by atoms with Crippen LogP contribution in [0, 0.1) is 6.92 Å². The highest BCUT2D eigenvalue weighted by molar-refractivity contribution is 5.23. The lowest BCUT2D eigenvalue weighted by Gasteiger charge is -2.32. The number of hydrogen-bond donors (Lipinski definition) is 1. The summed E-state index contributed by atoms with van der Waals surface area (Å²) in [5, 5.41) is 10.3. The Balaban J connectivity index is 2.06. The quantitative estimate of drug-likeness (QED) is 0.802. The minimum Gasteiger partial charge on any atom is -0.387 e. The molecule has 0 spiro atoms. The summed E-state index contributed by atoms with van der Waals surface area (Å²) < 4.78 is 5.34. The fraction of sp³-hybridized carbons (Fsp3) is 0.538. The monoisotopic (exact) mass is 206 g/mol. The van der Waals surface area contributed by atoms with Crippen molar-refractivity contribution in [3.05, 3.63) is 35.4 Å². The standard InChI is InChI=1S/C13H18O2/c1-11-4-2-5-12(8-11)9-13(14)6-3-7-15-10-13/h2,4-5,8,14H,3,6-7,9-10H2,1H3. The Morgan fingerprint density at radius 3 is 3.00 bits per heavy atom. The fourth-order valence-corrected chi connectivity index (χ4v) is 2.18. The van der Waals surface area contributed by atoms with Crippen LogP contribution in [0.3, 0.4) is 0 Å². The Bertz CT molecular complexity index is 327. The molecular weight excluding hydrogens is 188 g/mol. The highest BCUT2D eigenvalue weighted by atomic mass is 16.5. The third-order valence-electron chi connectivity index (χ3n) is 2.92. The van der Waals surface area contributed by atoms with Crippen LogP contribution in [0.25, 0.3) is 0 Å². The van der Waals surface area contributed by atoms with Crippen molar-refractivity contribution in [2.75, 3.05) is 13.2 Å². The molecule has 1 aromatic rings. The van der Waals surface area contributed by atoms with Gasteiger partial charge in [0.2, 0.25) is 0 Å². The molecule has 2 rings (SSSR count). The highest BCUT2D eigenvalue weighted by Gasteiger charge is 2.30. The van der Waals surface area contributed by atoms with E-state index in [0.717, 1.165) is 19.4 Å². The van der Waals surface area contributed by atoms with E-state index in [1.165, 1.54) is 11.1 Å². The number of ether oxygens (including phenoxy) is 1. The van der Waals surface area contributed by atoms with Crippen molar-refractivity contribution >= 4 is 0 Å². The zero-order valence-corrected chi connectivity index (χ0v) is 9.20. The van der Waals surface area contributed by atoms with Gasteiger partial charge in [0, 0.05) is 13.0 Å². The molecule has 0 aliphatic carbocycles. The molecule has 15 heavy (non-hydrogen) atoms. The van der Waals surface area contributed by atoms with Crippen LogP contribution in [0.5, 0.6) is 0 Å². The van der Waals surface area contributed by atoms with Crippen LogP contribution < -0.4 is 0 Å². The lowest BCUT2D eigenvalue weighted by atomic mass is 9.89. The van der Waals surface area contributed by atoms with Crippen molar-refractivity contribution in [1.29, 1.82) is 0 Å². The Hall–Kier alpha value is -0.860. The minimum absolute atomic E-state index is 0.473. The van der Waals surface area contributed by atoms with Gasteiger partial charge < -0.3 is 9.84 Å². The van der Waals surface area contributed by atoms with Gasteiger partial charge in [0.15, 0.2) is 0 Å². The predicted molar refractivity (Wildman–Crippen MR) is 59.9 cm³/mol. The summed E-state index contributed by atoms with van der Waals surface area (Å²) in [6.45, 7) is 3.34. The van der Waals surface area contributed by atoms with Crippen molar-refractivity contribution in [3.8, 4) is 0 Å². The van der Waals surface area contributed by atoms with Crippen LogP contribution in [-0.4, -0.2) is 23.9 Å². The van der Waals surface area contributed by atoms with Crippen molar-refractivity contribution in [2.24, 2.45) is 0 Å². The van der Waals surface area contributed by atoms with Gasteiger partial charge in [-0.1, -0.05) is 29.8 Å². The summed E-state index contributed by atoms with van der Waals surface area (Å²) in [6.07, 6.45) is 2.51. The third-order valence-corrected chi connectivity index (χ3v) is 2.92. The lowest BCUT2D eigenvalue weighted by Crippen LogP contribution is -2.40. The first-order valence-electron chi connectivity index (χ1n) is 5.54. The average molecular weight is 206 g/mol. The Morgan fingerprint density at radius 1 is 1.47 bits per heavy atom. The van der Waals surface area contributed by atoms with Crippen LogP contribution in [0.2, 0.25) is 0 Å². The van der Waals surface area contributed by atoms with Gasteiger partial charge in [0.25, 0.3) is 0 Å². The molecule has 82 valence electrons.